The van der Waals surface area contributed by atoms with Crippen LogP contribution in [0.3, 0.4) is 0 Å². The standard InChI is InChI=1S/C11H18N2O2/c1-11(2,3)13(10(14)15)9-6-4-5-8(9)7-12/h8-9H,4-6H2,1-3H3,(H,14,15)/t8-,9-/m0/s1. The van der Waals surface area contributed by atoms with E-state index in [1.54, 1.807) is 0 Å². The van der Waals surface area contributed by atoms with Crippen LogP contribution in [0.5, 0.6) is 0 Å². The summed E-state index contributed by atoms with van der Waals surface area (Å²) in [5, 5.41) is 18.2. The Labute approximate surface area is 90.5 Å². The fraction of sp³-hybridized carbons (Fsp3) is 0.818. The minimum absolute atomic E-state index is 0.132. The summed E-state index contributed by atoms with van der Waals surface area (Å²) in [5.41, 5.74) is -0.435. The van der Waals surface area contributed by atoms with Gasteiger partial charge in [0.1, 0.15) is 0 Å². The zero-order chi connectivity index (χ0) is 11.6. The molecule has 0 heterocycles. The molecule has 84 valence electrons. The SMILES string of the molecule is CC(C)(C)N(C(=O)O)[C@H]1CCC[C@H]1C#N. The molecule has 0 radical (unpaired) electrons. The van der Waals surface area contributed by atoms with Crippen LogP contribution in [0.25, 0.3) is 0 Å². The van der Waals surface area contributed by atoms with Crippen molar-refractivity contribution in [3.8, 4) is 6.07 Å². The Balaban J connectivity index is 2.91. The first-order valence-corrected chi connectivity index (χ1v) is 5.30. The summed E-state index contributed by atoms with van der Waals surface area (Å²) >= 11 is 0. The van der Waals surface area contributed by atoms with Crippen molar-refractivity contribution in [3.63, 3.8) is 0 Å². The van der Waals surface area contributed by atoms with Crippen LogP contribution in [0.2, 0.25) is 0 Å². The van der Waals surface area contributed by atoms with Gasteiger partial charge < -0.3 is 5.11 Å². The first kappa shape index (κ1) is 11.8. The lowest BCUT2D eigenvalue weighted by Crippen LogP contribution is -2.52. The van der Waals surface area contributed by atoms with Crippen molar-refractivity contribution in [2.75, 3.05) is 0 Å². The van der Waals surface area contributed by atoms with Crippen molar-refractivity contribution in [2.45, 2.75) is 51.6 Å². The van der Waals surface area contributed by atoms with E-state index in [1.807, 2.05) is 20.8 Å². The number of hydrogen-bond donors (Lipinski definition) is 1. The van der Waals surface area contributed by atoms with Gasteiger partial charge in [-0.1, -0.05) is 0 Å². The van der Waals surface area contributed by atoms with Gasteiger partial charge in [-0.25, -0.2) is 4.79 Å². The van der Waals surface area contributed by atoms with Crippen LogP contribution in [0.4, 0.5) is 4.79 Å². The summed E-state index contributed by atoms with van der Waals surface area (Å²) in [6, 6.07) is 2.08. The predicted molar refractivity (Wildman–Crippen MR) is 56.4 cm³/mol. The van der Waals surface area contributed by atoms with Crippen LogP contribution in [-0.2, 0) is 0 Å². The lowest BCUT2D eigenvalue weighted by atomic mass is 9.97. The number of amides is 1. The Bertz CT molecular complexity index is 288. The van der Waals surface area contributed by atoms with E-state index in [1.165, 1.54) is 4.90 Å². The van der Waals surface area contributed by atoms with E-state index < -0.39 is 11.6 Å². The number of hydrogen-bond acceptors (Lipinski definition) is 2. The fourth-order valence-electron chi connectivity index (χ4n) is 2.33. The van der Waals surface area contributed by atoms with Gasteiger partial charge in [0.25, 0.3) is 0 Å². The fourth-order valence-corrected chi connectivity index (χ4v) is 2.33. The minimum Gasteiger partial charge on any atom is -0.465 e. The molecule has 1 rings (SSSR count). The molecule has 0 aromatic rings. The smallest absolute Gasteiger partial charge is 0.408 e. The van der Waals surface area contributed by atoms with Crippen LogP contribution < -0.4 is 0 Å². The van der Waals surface area contributed by atoms with Crippen molar-refractivity contribution in [1.82, 2.24) is 4.90 Å². The molecular weight excluding hydrogens is 192 g/mol. The van der Waals surface area contributed by atoms with Crippen LogP contribution in [0.15, 0.2) is 0 Å². The van der Waals surface area contributed by atoms with Crippen LogP contribution in [-0.4, -0.2) is 27.7 Å². The molecule has 0 unspecified atom stereocenters. The summed E-state index contributed by atoms with van der Waals surface area (Å²) in [6.07, 6.45) is 1.65. The molecule has 0 aliphatic heterocycles. The second kappa shape index (κ2) is 4.09. The first-order chi connectivity index (χ1) is 6.88. The summed E-state index contributed by atoms with van der Waals surface area (Å²) in [5.74, 6) is -0.139. The Morgan fingerprint density at radius 1 is 1.47 bits per heavy atom. The molecule has 2 atom stereocenters. The van der Waals surface area contributed by atoms with Crippen molar-refractivity contribution in [3.05, 3.63) is 0 Å². The maximum Gasteiger partial charge on any atom is 0.408 e. The summed E-state index contributed by atoms with van der Waals surface area (Å²) in [7, 11) is 0. The van der Waals surface area contributed by atoms with Gasteiger partial charge in [-0.3, -0.25) is 4.90 Å². The van der Waals surface area contributed by atoms with Crippen molar-refractivity contribution >= 4 is 6.09 Å². The summed E-state index contributed by atoms with van der Waals surface area (Å²) in [6.45, 7) is 5.61. The van der Waals surface area contributed by atoms with Gasteiger partial charge >= 0.3 is 6.09 Å². The second-order valence-corrected chi connectivity index (χ2v) is 5.06. The van der Waals surface area contributed by atoms with Crippen LogP contribution >= 0.6 is 0 Å². The Morgan fingerprint density at radius 3 is 2.47 bits per heavy atom. The Hall–Kier alpha value is -1.24. The molecule has 1 N–H and O–H groups in total. The van der Waals surface area contributed by atoms with Crippen molar-refractivity contribution < 1.29 is 9.90 Å². The molecular formula is C11H18N2O2. The van der Waals surface area contributed by atoms with E-state index in [2.05, 4.69) is 6.07 Å². The molecule has 0 aromatic heterocycles. The predicted octanol–water partition coefficient (Wildman–Crippen LogP) is 2.46. The highest BCUT2D eigenvalue weighted by Crippen LogP contribution is 2.33. The third kappa shape index (κ3) is 2.41. The highest BCUT2D eigenvalue weighted by Gasteiger charge is 2.40. The molecule has 1 aliphatic carbocycles. The topological polar surface area (TPSA) is 64.3 Å². The van der Waals surface area contributed by atoms with Gasteiger partial charge in [0.2, 0.25) is 0 Å². The molecule has 4 heteroatoms. The molecule has 0 spiro atoms. The zero-order valence-electron chi connectivity index (χ0n) is 9.53. The lowest BCUT2D eigenvalue weighted by Gasteiger charge is -2.39. The molecule has 1 amide bonds. The van der Waals surface area contributed by atoms with E-state index in [-0.39, 0.29) is 12.0 Å². The third-order valence-corrected chi connectivity index (χ3v) is 2.91. The van der Waals surface area contributed by atoms with E-state index in [0.717, 1.165) is 19.3 Å². The molecule has 1 saturated carbocycles. The minimum atomic E-state index is -0.922. The molecule has 1 fully saturated rings. The maximum atomic E-state index is 11.2. The number of nitriles is 1. The van der Waals surface area contributed by atoms with Gasteiger partial charge in [0.15, 0.2) is 0 Å². The van der Waals surface area contributed by atoms with Crippen LogP contribution in [0.1, 0.15) is 40.0 Å². The average Bonchev–Trinajstić information content (AvgIpc) is 2.48. The Kier molecular flexibility index (Phi) is 3.23. The van der Waals surface area contributed by atoms with Gasteiger partial charge in [-0.15, -0.1) is 0 Å². The first-order valence-electron chi connectivity index (χ1n) is 5.30. The summed E-state index contributed by atoms with van der Waals surface area (Å²) in [4.78, 5) is 12.6. The molecule has 0 bridgehead atoms. The van der Waals surface area contributed by atoms with E-state index in [4.69, 9.17) is 5.26 Å². The molecule has 0 saturated heterocycles. The van der Waals surface area contributed by atoms with Gasteiger partial charge in [-0.05, 0) is 40.0 Å². The monoisotopic (exact) mass is 210 g/mol. The molecule has 1 aliphatic rings. The second-order valence-electron chi connectivity index (χ2n) is 5.06. The summed E-state index contributed by atoms with van der Waals surface area (Å²) < 4.78 is 0. The molecule has 0 aromatic carbocycles. The number of carboxylic acid groups (broad SMARTS) is 1. The molecule has 4 nitrogen and oxygen atoms in total. The van der Waals surface area contributed by atoms with E-state index in [0.29, 0.717) is 0 Å². The van der Waals surface area contributed by atoms with Gasteiger partial charge in [0, 0.05) is 5.54 Å². The van der Waals surface area contributed by atoms with Crippen molar-refractivity contribution in [2.24, 2.45) is 5.92 Å². The normalized spacial score (nSPS) is 26.0. The zero-order valence-corrected chi connectivity index (χ0v) is 9.53. The largest absolute Gasteiger partial charge is 0.465 e. The highest BCUT2D eigenvalue weighted by molar-refractivity contribution is 5.66. The third-order valence-electron chi connectivity index (χ3n) is 2.91. The number of rotatable bonds is 1. The van der Waals surface area contributed by atoms with E-state index >= 15 is 0 Å². The lowest BCUT2D eigenvalue weighted by molar-refractivity contribution is 0.0640. The number of carbonyl (C=O) groups is 1. The maximum absolute atomic E-state index is 11.2. The van der Waals surface area contributed by atoms with Gasteiger partial charge in [-0.2, -0.15) is 5.26 Å². The highest BCUT2D eigenvalue weighted by atomic mass is 16.4. The quantitative estimate of drug-likeness (QED) is 0.723. The number of nitrogens with zero attached hydrogens (tertiary/aromatic N) is 2. The van der Waals surface area contributed by atoms with Crippen LogP contribution in [0, 0.1) is 17.2 Å². The average molecular weight is 210 g/mol. The molecule has 15 heavy (non-hydrogen) atoms. The van der Waals surface area contributed by atoms with Crippen molar-refractivity contribution in [1.29, 1.82) is 5.26 Å². The Morgan fingerprint density at radius 2 is 2.07 bits per heavy atom. The van der Waals surface area contributed by atoms with E-state index in [9.17, 15) is 9.90 Å². The van der Waals surface area contributed by atoms with Gasteiger partial charge in [0.05, 0.1) is 18.0 Å².